The summed E-state index contributed by atoms with van der Waals surface area (Å²) in [5.74, 6) is 1.21. The van der Waals surface area contributed by atoms with E-state index in [1.54, 1.807) is 7.05 Å². The highest BCUT2D eigenvalue weighted by Crippen LogP contribution is 2.16. The summed E-state index contributed by atoms with van der Waals surface area (Å²) < 4.78 is 0. The van der Waals surface area contributed by atoms with E-state index >= 15 is 0 Å². The topological polar surface area (TPSA) is 82.8 Å². The highest BCUT2D eigenvalue weighted by atomic mass is 16.2. The number of hydrogen-bond donors (Lipinski definition) is 3. The van der Waals surface area contributed by atoms with Crippen LogP contribution in [0, 0.1) is 5.92 Å². The fourth-order valence-electron chi connectivity index (χ4n) is 2.34. The molecule has 116 valence electrons. The van der Waals surface area contributed by atoms with Crippen LogP contribution in [0.2, 0.25) is 0 Å². The number of guanidine groups is 1. The van der Waals surface area contributed by atoms with E-state index in [9.17, 15) is 4.79 Å². The third-order valence-electron chi connectivity index (χ3n) is 3.40. The molecule has 1 heterocycles. The van der Waals surface area contributed by atoms with Gasteiger partial charge in [-0.1, -0.05) is 0 Å². The summed E-state index contributed by atoms with van der Waals surface area (Å²) in [6, 6.07) is 0. The molecule has 1 amide bonds. The Kier molecular flexibility index (Phi) is 6.26. The average molecular weight is 283 g/mol. The molecule has 0 bridgehead atoms. The van der Waals surface area contributed by atoms with Crippen molar-refractivity contribution in [1.29, 1.82) is 0 Å². The zero-order valence-corrected chi connectivity index (χ0v) is 13.2. The van der Waals surface area contributed by atoms with Crippen molar-refractivity contribution in [2.45, 2.75) is 39.2 Å². The number of hydrogen-bond acceptors (Lipinski definition) is 3. The summed E-state index contributed by atoms with van der Waals surface area (Å²) in [5.41, 5.74) is 5.46. The molecule has 0 aliphatic carbocycles. The lowest BCUT2D eigenvalue weighted by Gasteiger charge is -2.32. The third kappa shape index (κ3) is 6.75. The van der Waals surface area contributed by atoms with Gasteiger partial charge in [-0.2, -0.15) is 0 Å². The van der Waals surface area contributed by atoms with Crippen LogP contribution in [0.4, 0.5) is 0 Å². The first kappa shape index (κ1) is 16.8. The van der Waals surface area contributed by atoms with E-state index in [-0.39, 0.29) is 11.4 Å². The van der Waals surface area contributed by atoms with Crippen LogP contribution >= 0.6 is 0 Å². The van der Waals surface area contributed by atoms with E-state index in [0.717, 1.165) is 32.5 Å². The van der Waals surface area contributed by atoms with Gasteiger partial charge in [-0.05, 0) is 52.6 Å². The summed E-state index contributed by atoms with van der Waals surface area (Å²) in [6.45, 7) is 9.30. The molecule has 0 aromatic rings. The van der Waals surface area contributed by atoms with Crippen molar-refractivity contribution < 1.29 is 4.79 Å². The largest absolute Gasteiger partial charge is 0.370 e. The smallest absolute Gasteiger partial charge is 0.234 e. The van der Waals surface area contributed by atoms with E-state index < -0.39 is 0 Å². The maximum atomic E-state index is 11.9. The Morgan fingerprint density at radius 3 is 2.45 bits per heavy atom. The molecule has 1 saturated heterocycles. The second-order valence-electron chi connectivity index (χ2n) is 6.51. The maximum Gasteiger partial charge on any atom is 0.234 e. The van der Waals surface area contributed by atoms with Crippen LogP contribution in [0.1, 0.15) is 33.6 Å². The molecule has 0 aromatic carbocycles. The molecule has 4 N–H and O–H groups in total. The average Bonchev–Trinajstić information content (AvgIpc) is 2.35. The second-order valence-corrected chi connectivity index (χ2v) is 6.51. The first-order valence-corrected chi connectivity index (χ1v) is 7.29. The fraction of sp³-hybridized carbons (Fsp3) is 0.857. The van der Waals surface area contributed by atoms with Gasteiger partial charge in [0.1, 0.15) is 0 Å². The van der Waals surface area contributed by atoms with E-state index in [4.69, 9.17) is 5.73 Å². The molecule has 6 nitrogen and oxygen atoms in total. The Morgan fingerprint density at radius 1 is 1.35 bits per heavy atom. The van der Waals surface area contributed by atoms with Gasteiger partial charge in [0.25, 0.3) is 0 Å². The lowest BCUT2D eigenvalue weighted by Crippen LogP contribution is -2.48. The van der Waals surface area contributed by atoms with Crippen LogP contribution in [-0.4, -0.2) is 55.5 Å². The van der Waals surface area contributed by atoms with E-state index in [1.165, 1.54) is 0 Å². The van der Waals surface area contributed by atoms with E-state index in [2.05, 4.69) is 20.5 Å². The van der Waals surface area contributed by atoms with Crippen LogP contribution < -0.4 is 16.4 Å². The Bertz CT molecular complexity index is 340. The Hall–Kier alpha value is -1.30. The minimum atomic E-state index is -0.156. The van der Waals surface area contributed by atoms with Crippen molar-refractivity contribution in [3.8, 4) is 0 Å². The summed E-state index contributed by atoms with van der Waals surface area (Å²) in [4.78, 5) is 18.0. The number of rotatable bonds is 4. The van der Waals surface area contributed by atoms with Gasteiger partial charge in [-0.3, -0.25) is 14.7 Å². The number of piperidine rings is 1. The maximum absolute atomic E-state index is 11.9. The van der Waals surface area contributed by atoms with Gasteiger partial charge in [0, 0.05) is 19.1 Å². The number of nitrogens with one attached hydrogen (secondary N) is 2. The molecule has 1 rings (SSSR count). The van der Waals surface area contributed by atoms with Crippen LogP contribution in [0.15, 0.2) is 4.99 Å². The van der Waals surface area contributed by atoms with Crippen molar-refractivity contribution in [1.82, 2.24) is 15.5 Å². The third-order valence-corrected chi connectivity index (χ3v) is 3.40. The normalized spacial score (nSPS) is 18.9. The summed E-state index contributed by atoms with van der Waals surface area (Å²) in [7, 11) is 1.68. The van der Waals surface area contributed by atoms with E-state index in [0.29, 0.717) is 18.4 Å². The van der Waals surface area contributed by atoms with Gasteiger partial charge in [0.05, 0.1) is 6.54 Å². The van der Waals surface area contributed by atoms with Crippen molar-refractivity contribution in [3.63, 3.8) is 0 Å². The van der Waals surface area contributed by atoms with Crippen molar-refractivity contribution in [2.75, 3.05) is 33.2 Å². The molecular formula is C14H29N5O. The molecule has 1 aliphatic rings. The fourth-order valence-corrected chi connectivity index (χ4v) is 2.34. The molecule has 0 unspecified atom stereocenters. The second kappa shape index (κ2) is 7.47. The highest BCUT2D eigenvalue weighted by molar-refractivity contribution is 5.78. The molecule has 0 atom stereocenters. The quantitative estimate of drug-likeness (QED) is 0.506. The van der Waals surface area contributed by atoms with Gasteiger partial charge < -0.3 is 16.4 Å². The van der Waals surface area contributed by atoms with Crippen LogP contribution in [0.5, 0.6) is 0 Å². The minimum absolute atomic E-state index is 0.108. The van der Waals surface area contributed by atoms with Crippen LogP contribution in [0.3, 0.4) is 0 Å². The summed E-state index contributed by atoms with van der Waals surface area (Å²) >= 11 is 0. The molecule has 1 aliphatic heterocycles. The molecular weight excluding hydrogens is 254 g/mol. The standard InChI is InChI=1S/C14H29N5O/c1-14(2,3)18-12(20)10-19-7-5-11(6-8-19)9-17-13(15)16-4/h11H,5-10H2,1-4H3,(H,18,20)(H3,15,16,17). The number of nitrogens with two attached hydrogens (primary N) is 1. The Morgan fingerprint density at radius 2 is 1.95 bits per heavy atom. The van der Waals surface area contributed by atoms with Gasteiger partial charge >= 0.3 is 0 Å². The number of nitrogens with zero attached hydrogens (tertiary/aromatic N) is 2. The summed E-state index contributed by atoms with van der Waals surface area (Å²) in [6.07, 6.45) is 2.18. The molecule has 0 spiro atoms. The first-order valence-electron chi connectivity index (χ1n) is 7.29. The molecule has 0 radical (unpaired) electrons. The molecule has 6 heteroatoms. The number of carbonyl (C=O) groups excluding carboxylic acids is 1. The highest BCUT2D eigenvalue weighted by Gasteiger charge is 2.22. The predicted octanol–water partition coefficient (Wildman–Crippen LogP) is 0.147. The SMILES string of the molecule is CN=C(N)NCC1CCN(CC(=O)NC(C)(C)C)CC1. The van der Waals surface area contributed by atoms with Gasteiger partial charge in [-0.25, -0.2) is 0 Å². The Labute approximate surface area is 122 Å². The van der Waals surface area contributed by atoms with Crippen LogP contribution in [0.25, 0.3) is 0 Å². The molecule has 0 saturated carbocycles. The van der Waals surface area contributed by atoms with E-state index in [1.807, 2.05) is 20.8 Å². The van der Waals surface area contributed by atoms with Crippen molar-refractivity contribution >= 4 is 11.9 Å². The number of carbonyl (C=O) groups is 1. The number of amides is 1. The number of aliphatic imine (C=N–C) groups is 1. The predicted molar refractivity (Wildman–Crippen MR) is 82.6 cm³/mol. The molecule has 0 aromatic heterocycles. The zero-order valence-electron chi connectivity index (χ0n) is 13.2. The lowest BCUT2D eigenvalue weighted by atomic mass is 9.97. The molecule has 20 heavy (non-hydrogen) atoms. The number of likely N-dealkylation sites (tertiary alicyclic amines) is 1. The van der Waals surface area contributed by atoms with Gasteiger partial charge in [-0.15, -0.1) is 0 Å². The van der Waals surface area contributed by atoms with Gasteiger partial charge in [0.15, 0.2) is 5.96 Å². The van der Waals surface area contributed by atoms with Crippen molar-refractivity contribution in [3.05, 3.63) is 0 Å². The van der Waals surface area contributed by atoms with Crippen molar-refractivity contribution in [2.24, 2.45) is 16.6 Å². The first-order chi connectivity index (χ1) is 9.30. The summed E-state index contributed by atoms with van der Waals surface area (Å²) in [5, 5.41) is 6.12. The van der Waals surface area contributed by atoms with Gasteiger partial charge in [0.2, 0.25) is 5.91 Å². The monoisotopic (exact) mass is 283 g/mol. The lowest BCUT2D eigenvalue weighted by molar-refractivity contribution is -0.124. The Balaban J connectivity index is 2.23. The minimum Gasteiger partial charge on any atom is -0.370 e. The van der Waals surface area contributed by atoms with Crippen LogP contribution in [-0.2, 0) is 4.79 Å². The molecule has 1 fully saturated rings. The zero-order chi connectivity index (χ0) is 15.2.